The molecular formula is C17H20ClNO3S. The number of hydrogen-bond acceptors (Lipinski definition) is 3. The number of sulfonamides is 1. The Morgan fingerprint density at radius 1 is 1.00 bits per heavy atom. The largest absolute Gasteiger partial charge is 0.497 e. The SMILES string of the molecule is COc1ccc(S(=O)(=O)NC(c2ccc(Cl)cc2)C(C)C)cc1. The minimum Gasteiger partial charge on any atom is -0.497 e. The first-order valence-corrected chi connectivity index (χ1v) is 9.11. The van der Waals surface area contributed by atoms with Crippen LogP contribution in [0.3, 0.4) is 0 Å². The molecular weight excluding hydrogens is 334 g/mol. The van der Waals surface area contributed by atoms with Gasteiger partial charge in [-0.2, -0.15) is 0 Å². The van der Waals surface area contributed by atoms with E-state index in [2.05, 4.69) is 4.72 Å². The summed E-state index contributed by atoms with van der Waals surface area (Å²) < 4.78 is 33.0. The quantitative estimate of drug-likeness (QED) is 0.853. The van der Waals surface area contributed by atoms with Crippen LogP contribution in [0, 0.1) is 5.92 Å². The third-order valence-corrected chi connectivity index (χ3v) is 5.26. The molecule has 6 heteroatoms. The first kappa shape index (κ1) is 17.8. The molecule has 0 radical (unpaired) electrons. The molecule has 0 fully saturated rings. The standard InChI is InChI=1S/C17H20ClNO3S/c1-12(2)17(13-4-6-14(18)7-5-13)19-23(20,21)16-10-8-15(22-3)9-11-16/h4-12,17,19H,1-3H3. The number of nitrogens with one attached hydrogen (secondary N) is 1. The number of rotatable bonds is 6. The van der Waals surface area contributed by atoms with Gasteiger partial charge < -0.3 is 4.74 Å². The smallest absolute Gasteiger partial charge is 0.241 e. The fourth-order valence-corrected chi connectivity index (χ4v) is 3.75. The van der Waals surface area contributed by atoms with Gasteiger partial charge in [0.15, 0.2) is 0 Å². The van der Waals surface area contributed by atoms with E-state index in [9.17, 15) is 8.42 Å². The highest BCUT2D eigenvalue weighted by molar-refractivity contribution is 7.89. The molecule has 0 aliphatic rings. The fourth-order valence-electron chi connectivity index (χ4n) is 2.25. The lowest BCUT2D eigenvalue weighted by Crippen LogP contribution is -2.31. The van der Waals surface area contributed by atoms with Gasteiger partial charge >= 0.3 is 0 Å². The number of ether oxygens (including phenoxy) is 1. The van der Waals surface area contributed by atoms with Crippen LogP contribution < -0.4 is 9.46 Å². The maximum Gasteiger partial charge on any atom is 0.241 e. The van der Waals surface area contributed by atoms with E-state index in [1.807, 2.05) is 26.0 Å². The van der Waals surface area contributed by atoms with Crippen LogP contribution in [0.2, 0.25) is 5.02 Å². The van der Waals surface area contributed by atoms with Crippen LogP contribution in [0.15, 0.2) is 53.4 Å². The maximum atomic E-state index is 12.6. The molecule has 0 saturated carbocycles. The molecule has 0 aromatic heterocycles. The normalized spacial score (nSPS) is 13.1. The van der Waals surface area contributed by atoms with Crippen molar-refractivity contribution >= 4 is 21.6 Å². The van der Waals surface area contributed by atoms with E-state index in [-0.39, 0.29) is 16.9 Å². The van der Waals surface area contributed by atoms with Gasteiger partial charge in [-0.3, -0.25) is 0 Å². The lowest BCUT2D eigenvalue weighted by atomic mass is 9.97. The molecule has 1 unspecified atom stereocenters. The molecule has 0 bridgehead atoms. The summed E-state index contributed by atoms with van der Waals surface area (Å²) in [6, 6.07) is 13.2. The van der Waals surface area contributed by atoms with E-state index in [0.29, 0.717) is 10.8 Å². The zero-order valence-electron chi connectivity index (χ0n) is 13.3. The van der Waals surface area contributed by atoms with Crippen molar-refractivity contribution in [1.29, 1.82) is 0 Å². The van der Waals surface area contributed by atoms with Gasteiger partial charge in [0.2, 0.25) is 10.0 Å². The third kappa shape index (κ3) is 4.47. The molecule has 0 amide bonds. The molecule has 0 heterocycles. The molecule has 2 rings (SSSR count). The monoisotopic (exact) mass is 353 g/mol. The Kier molecular flexibility index (Phi) is 5.68. The first-order valence-electron chi connectivity index (χ1n) is 7.25. The van der Waals surface area contributed by atoms with Crippen molar-refractivity contribution in [1.82, 2.24) is 4.72 Å². The van der Waals surface area contributed by atoms with Gasteiger partial charge in [0, 0.05) is 11.1 Å². The number of methoxy groups -OCH3 is 1. The highest BCUT2D eigenvalue weighted by Gasteiger charge is 2.24. The highest BCUT2D eigenvalue weighted by atomic mass is 35.5. The zero-order valence-corrected chi connectivity index (χ0v) is 14.9. The Morgan fingerprint density at radius 2 is 1.57 bits per heavy atom. The number of hydrogen-bond donors (Lipinski definition) is 1. The Balaban J connectivity index is 2.29. The molecule has 2 aromatic carbocycles. The van der Waals surface area contributed by atoms with Crippen LogP contribution in [0.25, 0.3) is 0 Å². The van der Waals surface area contributed by atoms with E-state index in [1.54, 1.807) is 24.3 Å². The molecule has 0 aliphatic carbocycles. The fraction of sp³-hybridized carbons (Fsp3) is 0.294. The minimum absolute atomic E-state index is 0.0872. The van der Waals surface area contributed by atoms with Gasteiger partial charge in [-0.1, -0.05) is 37.6 Å². The van der Waals surface area contributed by atoms with Crippen LogP contribution in [0.1, 0.15) is 25.5 Å². The number of halogens is 1. The second-order valence-electron chi connectivity index (χ2n) is 5.57. The third-order valence-electron chi connectivity index (χ3n) is 3.55. The van der Waals surface area contributed by atoms with E-state index < -0.39 is 10.0 Å². The van der Waals surface area contributed by atoms with E-state index in [0.717, 1.165) is 5.56 Å². The van der Waals surface area contributed by atoms with Crippen molar-refractivity contribution in [2.45, 2.75) is 24.8 Å². The lowest BCUT2D eigenvalue weighted by molar-refractivity contribution is 0.414. The second-order valence-corrected chi connectivity index (χ2v) is 7.72. The summed E-state index contributed by atoms with van der Waals surface area (Å²) in [5, 5.41) is 0.620. The van der Waals surface area contributed by atoms with Crippen LogP contribution >= 0.6 is 11.6 Å². The lowest BCUT2D eigenvalue weighted by Gasteiger charge is -2.23. The average molecular weight is 354 g/mol. The summed E-state index contributed by atoms with van der Waals surface area (Å²) in [6.45, 7) is 3.94. The van der Waals surface area contributed by atoms with Crippen LogP contribution in [-0.4, -0.2) is 15.5 Å². The molecule has 124 valence electrons. The molecule has 2 aromatic rings. The molecule has 23 heavy (non-hydrogen) atoms. The van der Waals surface area contributed by atoms with E-state index in [4.69, 9.17) is 16.3 Å². The molecule has 1 atom stereocenters. The summed E-state index contributed by atoms with van der Waals surface area (Å²) in [5.74, 6) is 0.700. The first-order chi connectivity index (χ1) is 10.8. The summed E-state index contributed by atoms with van der Waals surface area (Å²) in [5.41, 5.74) is 0.876. The van der Waals surface area contributed by atoms with Gasteiger partial charge in [-0.25, -0.2) is 13.1 Å². The minimum atomic E-state index is -3.63. The van der Waals surface area contributed by atoms with Crippen LogP contribution in [0.5, 0.6) is 5.75 Å². The van der Waals surface area contributed by atoms with Gasteiger partial charge in [0.1, 0.15) is 5.75 Å². The van der Waals surface area contributed by atoms with Crippen molar-refractivity contribution in [3.8, 4) is 5.75 Å². The highest BCUT2D eigenvalue weighted by Crippen LogP contribution is 2.26. The molecule has 1 N–H and O–H groups in total. The van der Waals surface area contributed by atoms with Crippen molar-refractivity contribution < 1.29 is 13.2 Å². The van der Waals surface area contributed by atoms with Crippen molar-refractivity contribution in [3.63, 3.8) is 0 Å². The molecule has 0 spiro atoms. The van der Waals surface area contributed by atoms with Gasteiger partial charge in [-0.05, 0) is 47.9 Å². The predicted molar refractivity (Wildman–Crippen MR) is 92.3 cm³/mol. The van der Waals surface area contributed by atoms with Crippen molar-refractivity contribution in [2.24, 2.45) is 5.92 Å². The summed E-state index contributed by atoms with van der Waals surface area (Å²) in [4.78, 5) is 0.206. The van der Waals surface area contributed by atoms with Crippen molar-refractivity contribution in [3.05, 3.63) is 59.1 Å². The second kappa shape index (κ2) is 7.34. The average Bonchev–Trinajstić information content (AvgIpc) is 2.53. The van der Waals surface area contributed by atoms with Gasteiger partial charge in [0.05, 0.1) is 12.0 Å². The maximum absolute atomic E-state index is 12.6. The van der Waals surface area contributed by atoms with E-state index in [1.165, 1.54) is 19.2 Å². The summed E-state index contributed by atoms with van der Waals surface area (Å²) >= 11 is 5.90. The predicted octanol–water partition coefficient (Wildman–Crippen LogP) is 4.02. The Bertz CT molecular complexity index is 740. The molecule has 0 saturated heterocycles. The van der Waals surface area contributed by atoms with Crippen molar-refractivity contribution in [2.75, 3.05) is 7.11 Å². The van der Waals surface area contributed by atoms with Gasteiger partial charge in [0.25, 0.3) is 0 Å². The Hall–Kier alpha value is -1.56. The Morgan fingerprint density at radius 3 is 2.04 bits per heavy atom. The van der Waals surface area contributed by atoms with E-state index >= 15 is 0 Å². The summed E-state index contributed by atoms with van der Waals surface area (Å²) in [6.07, 6.45) is 0. The van der Waals surface area contributed by atoms with Gasteiger partial charge in [-0.15, -0.1) is 0 Å². The topological polar surface area (TPSA) is 55.4 Å². The molecule has 0 aliphatic heterocycles. The van der Waals surface area contributed by atoms with Crippen LogP contribution in [-0.2, 0) is 10.0 Å². The Labute approximate surface area is 142 Å². The summed E-state index contributed by atoms with van der Waals surface area (Å²) in [7, 11) is -2.09. The van der Waals surface area contributed by atoms with Crippen LogP contribution in [0.4, 0.5) is 0 Å². The molecule has 4 nitrogen and oxygen atoms in total. The number of benzene rings is 2. The zero-order chi connectivity index (χ0) is 17.0.